The van der Waals surface area contributed by atoms with Gasteiger partial charge in [-0.1, -0.05) is 71.7 Å². The van der Waals surface area contributed by atoms with Gasteiger partial charge in [-0.05, 0) is 30.2 Å². The number of pyridine rings is 2. The van der Waals surface area contributed by atoms with Crippen LogP contribution in [0.3, 0.4) is 0 Å². The summed E-state index contributed by atoms with van der Waals surface area (Å²) in [7, 11) is 0. The highest BCUT2D eigenvalue weighted by molar-refractivity contribution is 6.39. The maximum absolute atomic E-state index is 11.4. The van der Waals surface area contributed by atoms with Crippen LogP contribution >= 0.6 is 23.2 Å². The Morgan fingerprint density at radius 1 is 0.708 bits per heavy atom. The lowest BCUT2D eigenvalue weighted by Crippen LogP contribution is -2.37. The molecule has 9 nitrogen and oxygen atoms in total. The fourth-order valence-electron chi connectivity index (χ4n) is 6.70. The van der Waals surface area contributed by atoms with Gasteiger partial charge in [0.15, 0.2) is 0 Å². The predicted octanol–water partition coefficient (Wildman–Crippen LogP) is 5.68. The van der Waals surface area contributed by atoms with Gasteiger partial charge in [0.25, 0.3) is 0 Å². The molecule has 0 saturated carbocycles. The molecular formula is C37H38Cl2N4O5. The number of fused-ring (bicyclic) bond motifs is 2. The summed E-state index contributed by atoms with van der Waals surface area (Å²) in [6.07, 6.45) is -0.279. The van der Waals surface area contributed by atoms with Crippen molar-refractivity contribution in [3.05, 3.63) is 93.2 Å². The van der Waals surface area contributed by atoms with Crippen LogP contribution in [-0.4, -0.2) is 85.2 Å². The van der Waals surface area contributed by atoms with Gasteiger partial charge < -0.3 is 15.3 Å². The van der Waals surface area contributed by atoms with Crippen molar-refractivity contribution in [2.75, 3.05) is 26.2 Å². The molecule has 2 aromatic carbocycles. The number of aliphatic hydroxyl groups is 2. The zero-order valence-electron chi connectivity index (χ0n) is 26.7. The lowest BCUT2D eigenvalue weighted by Gasteiger charge is -2.30. The van der Waals surface area contributed by atoms with Gasteiger partial charge in [0.2, 0.25) is 0 Å². The number of carbonyl (C=O) groups is 2. The van der Waals surface area contributed by atoms with Gasteiger partial charge in [-0.15, -0.1) is 0 Å². The van der Waals surface area contributed by atoms with Crippen LogP contribution in [0.5, 0.6) is 0 Å². The second kappa shape index (κ2) is 14.8. The smallest absolute Gasteiger partial charge is 0.306 e. The summed E-state index contributed by atoms with van der Waals surface area (Å²) < 4.78 is 0. The topological polar surface area (TPSA) is 127 Å². The van der Waals surface area contributed by atoms with Crippen LogP contribution in [0.1, 0.15) is 42.3 Å². The predicted molar refractivity (Wildman–Crippen MR) is 186 cm³/mol. The number of carboxylic acid groups (broad SMARTS) is 1. The third kappa shape index (κ3) is 7.78. The molecule has 4 heterocycles. The number of Topliss-reactive ketones (excluding diaryl/α,β-unsaturated/α-hetero) is 1. The van der Waals surface area contributed by atoms with Gasteiger partial charge in [-0.25, -0.2) is 0 Å². The van der Waals surface area contributed by atoms with E-state index in [2.05, 4.69) is 15.9 Å². The van der Waals surface area contributed by atoms with Gasteiger partial charge in [0, 0.05) is 92.2 Å². The average Bonchev–Trinajstić information content (AvgIpc) is 3.04. The maximum Gasteiger partial charge on any atom is 0.306 e. The lowest BCUT2D eigenvalue weighted by atomic mass is 9.97. The molecule has 0 spiro atoms. The monoisotopic (exact) mass is 688 g/mol. The zero-order chi connectivity index (χ0) is 33.9. The van der Waals surface area contributed by atoms with Crippen LogP contribution < -0.4 is 0 Å². The van der Waals surface area contributed by atoms with E-state index in [0.717, 1.165) is 69.1 Å². The first-order chi connectivity index (χ1) is 23.0. The normalized spacial score (nSPS) is 16.2. The first kappa shape index (κ1) is 34.2. The van der Waals surface area contributed by atoms with E-state index in [9.17, 15) is 19.8 Å². The lowest BCUT2D eigenvalue weighted by molar-refractivity contribution is -0.139. The molecule has 2 atom stereocenters. The highest BCUT2D eigenvalue weighted by Crippen LogP contribution is 2.42. The summed E-state index contributed by atoms with van der Waals surface area (Å²) in [6, 6.07) is 19.7. The second-order valence-corrected chi connectivity index (χ2v) is 13.5. The molecular weight excluding hydrogens is 651 g/mol. The summed E-state index contributed by atoms with van der Waals surface area (Å²) in [6.45, 7) is 4.93. The number of aromatic nitrogens is 2. The van der Waals surface area contributed by atoms with Crippen molar-refractivity contribution in [2.45, 2.75) is 57.9 Å². The number of ketones is 1. The van der Waals surface area contributed by atoms with Crippen LogP contribution in [0.15, 0.2) is 60.7 Å². The van der Waals surface area contributed by atoms with E-state index < -0.39 is 18.2 Å². The SMILES string of the molecule is CC(=O)CC(O)CN1CCc2nc(-c3cccc(-c4cccc(-c5ccc6c(n5)CCN(CC(O)CC(=O)O)C6)c4Cl)c3Cl)ccc2C1. The fourth-order valence-corrected chi connectivity index (χ4v) is 7.34. The van der Waals surface area contributed by atoms with Crippen molar-refractivity contribution in [1.82, 2.24) is 19.8 Å². The molecule has 0 radical (unpaired) electrons. The Morgan fingerprint density at radius 2 is 1.15 bits per heavy atom. The summed E-state index contributed by atoms with van der Waals surface area (Å²) in [5.74, 6) is -1.03. The van der Waals surface area contributed by atoms with Crippen molar-refractivity contribution in [2.24, 2.45) is 0 Å². The Bertz CT molecular complexity index is 1720. The number of rotatable bonds is 11. The van der Waals surface area contributed by atoms with Crippen LogP contribution in [0.4, 0.5) is 0 Å². The third-order valence-electron chi connectivity index (χ3n) is 8.97. The maximum atomic E-state index is 11.4. The summed E-state index contributed by atoms with van der Waals surface area (Å²) >= 11 is 14.2. The molecule has 0 bridgehead atoms. The number of aliphatic carboxylic acids is 1. The largest absolute Gasteiger partial charge is 0.481 e. The summed E-state index contributed by atoms with van der Waals surface area (Å²) in [5, 5.41) is 30.4. The zero-order valence-corrected chi connectivity index (χ0v) is 28.2. The second-order valence-electron chi connectivity index (χ2n) is 12.7. The Morgan fingerprint density at radius 3 is 1.58 bits per heavy atom. The van der Waals surface area contributed by atoms with E-state index in [1.165, 1.54) is 6.92 Å². The third-order valence-corrected chi connectivity index (χ3v) is 9.78. The van der Waals surface area contributed by atoms with Crippen molar-refractivity contribution in [3.8, 4) is 33.6 Å². The Hall–Kier alpha value is -3.70. The van der Waals surface area contributed by atoms with Crippen molar-refractivity contribution in [1.29, 1.82) is 0 Å². The molecule has 3 N–H and O–H groups in total. The molecule has 2 aromatic heterocycles. The van der Waals surface area contributed by atoms with Crippen molar-refractivity contribution in [3.63, 3.8) is 0 Å². The van der Waals surface area contributed by atoms with E-state index in [-0.39, 0.29) is 18.6 Å². The molecule has 2 aliphatic rings. The van der Waals surface area contributed by atoms with E-state index in [1.54, 1.807) is 0 Å². The number of hydrogen-bond donors (Lipinski definition) is 3. The standard InChI is InChI=1S/C37H38Cl2N4O5/c1-22(44)16-25(45)20-42-14-12-31-23(18-42)8-10-33(40-31)29-6-2-4-27(36(29)38)28-5-3-7-30(37(28)39)34-11-9-24-19-43(15-13-32(24)41-34)21-26(46)17-35(47)48/h2-11,25-26,45-46H,12-21H2,1H3,(H,47,48). The number of β-amino-alcohol motifs (C(OH)–C–C–N with tert-alkyl or cyclic N) is 2. The summed E-state index contributed by atoms with van der Waals surface area (Å²) in [4.78, 5) is 36.5. The minimum absolute atomic E-state index is 0.0167. The van der Waals surface area contributed by atoms with Crippen molar-refractivity contribution >= 4 is 35.0 Å². The Labute approximate surface area is 289 Å². The molecule has 6 rings (SSSR count). The molecule has 2 aliphatic heterocycles. The van der Waals surface area contributed by atoms with E-state index in [4.69, 9.17) is 38.3 Å². The number of benzene rings is 2. The molecule has 48 heavy (non-hydrogen) atoms. The van der Waals surface area contributed by atoms with Crippen LogP contribution in [0.25, 0.3) is 33.6 Å². The number of hydrogen-bond acceptors (Lipinski definition) is 8. The molecule has 11 heteroatoms. The molecule has 4 aromatic rings. The van der Waals surface area contributed by atoms with Gasteiger partial charge >= 0.3 is 5.97 Å². The molecule has 0 fully saturated rings. The van der Waals surface area contributed by atoms with E-state index >= 15 is 0 Å². The van der Waals surface area contributed by atoms with E-state index in [1.807, 2.05) is 54.6 Å². The number of carboxylic acids is 1. The quantitative estimate of drug-likeness (QED) is 0.183. The average molecular weight is 690 g/mol. The molecule has 2 unspecified atom stereocenters. The highest BCUT2D eigenvalue weighted by Gasteiger charge is 2.24. The van der Waals surface area contributed by atoms with Gasteiger partial charge in [-0.3, -0.25) is 29.4 Å². The van der Waals surface area contributed by atoms with Gasteiger partial charge in [0.1, 0.15) is 5.78 Å². The molecule has 0 saturated heterocycles. The van der Waals surface area contributed by atoms with Crippen LogP contribution in [0.2, 0.25) is 10.0 Å². The van der Waals surface area contributed by atoms with Crippen LogP contribution in [0, 0.1) is 0 Å². The minimum atomic E-state index is -1.01. The van der Waals surface area contributed by atoms with Crippen molar-refractivity contribution < 1.29 is 24.9 Å². The number of halogens is 2. The molecule has 250 valence electrons. The van der Waals surface area contributed by atoms with Gasteiger partial charge in [0.05, 0.1) is 40.1 Å². The number of aliphatic hydroxyl groups excluding tert-OH is 2. The summed E-state index contributed by atoms with van der Waals surface area (Å²) in [5.41, 5.74) is 8.83. The first-order valence-electron chi connectivity index (χ1n) is 16.1. The first-order valence-corrected chi connectivity index (χ1v) is 16.9. The van der Waals surface area contributed by atoms with E-state index in [0.29, 0.717) is 49.2 Å². The van der Waals surface area contributed by atoms with Crippen LogP contribution in [-0.2, 0) is 35.5 Å². The minimum Gasteiger partial charge on any atom is -0.481 e. The number of nitrogens with zero attached hydrogens (tertiary/aromatic N) is 4. The number of carbonyl (C=O) groups excluding carboxylic acids is 1. The Balaban J connectivity index is 1.21. The fraction of sp³-hybridized carbons (Fsp3) is 0.351. The van der Waals surface area contributed by atoms with Gasteiger partial charge in [-0.2, -0.15) is 0 Å². The molecule has 0 aliphatic carbocycles. The Kier molecular flexibility index (Phi) is 10.6. The molecule has 0 amide bonds. The highest BCUT2D eigenvalue weighted by atomic mass is 35.5.